The van der Waals surface area contributed by atoms with E-state index in [9.17, 15) is 9.18 Å². The van der Waals surface area contributed by atoms with Crippen molar-refractivity contribution in [1.82, 2.24) is 5.32 Å². The minimum atomic E-state index is -1.25. The second kappa shape index (κ2) is 8.45. The summed E-state index contributed by atoms with van der Waals surface area (Å²) < 4.78 is 25.8. The molecule has 3 atom stereocenters. The fourth-order valence-electron chi connectivity index (χ4n) is 4.66. The fourth-order valence-corrected chi connectivity index (χ4v) is 5.20. The molecule has 3 aromatic rings. The molecule has 9 heteroatoms. The summed E-state index contributed by atoms with van der Waals surface area (Å²) in [6.45, 7) is 1.80. The molecule has 6 nitrogen and oxygen atoms in total. The van der Waals surface area contributed by atoms with Crippen LogP contribution < -0.4 is 25.0 Å². The molecule has 3 aromatic carbocycles. The number of anilines is 2. The number of thiocarbonyl (C=S) groups is 1. The van der Waals surface area contributed by atoms with Crippen LogP contribution >= 0.6 is 23.8 Å². The van der Waals surface area contributed by atoms with E-state index >= 15 is 0 Å². The van der Waals surface area contributed by atoms with Gasteiger partial charge < -0.3 is 20.1 Å². The third-order valence-corrected chi connectivity index (χ3v) is 6.74. The van der Waals surface area contributed by atoms with Gasteiger partial charge in [-0.2, -0.15) is 0 Å². The number of methoxy groups -OCH3 is 1. The highest BCUT2D eigenvalue weighted by Crippen LogP contribution is 2.52. The maximum atomic E-state index is 13.7. The Labute approximate surface area is 206 Å². The van der Waals surface area contributed by atoms with E-state index in [1.54, 1.807) is 61.4 Å². The molecule has 0 aromatic heterocycles. The van der Waals surface area contributed by atoms with Crippen LogP contribution in [0.5, 0.6) is 11.5 Å². The van der Waals surface area contributed by atoms with Gasteiger partial charge in [-0.05, 0) is 73.7 Å². The zero-order chi connectivity index (χ0) is 24.0. The number of amides is 1. The molecule has 1 fully saturated rings. The van der Waals surface area contributed by atoms with Crippen LogP contribution in [0.4, 0.5) is 15.8 Å². The van der Waals surface area contributed by atoms with Crippen molar-refractivity contribution < 1.29 is 18.7 Å². The lowest BCUT2D eigenvalue weighted by atomic mass is 9.78. The number of carbonyl (C=O) groups is 1. The highest BCUT2D eigenvalue weighted by molar-refractivity contribution is 7.80. The standard InChI is InChI=1S/C25H21ClFN3O3S/c1-25-20(23(31)28-16-10-6-14(26)7-11-16)21(18-4-3-5-19(32-2)22(18)33-25)29-24(34)30(25)17-12-8-15(27)9-13-17/h3-13,20-21H,1-2H3,(H,28,31)(H,29,34)/t20-,21-,25-/m1/s1. The number of halogens is 2. The molecule has 2 aliphatic heterocycles. The molecule has 0 aliphatic carbocycles. The van der Waals surface area contributed by atoms with Crippen LogP contribution in [-0.2, 0) is 4.79 Å². The maximum Gasteiger partial charge on any atom is 0.236 e. The molecule has 34 heavy (non-hydrogen) atoms. The Kier molecular flexibility index (Phi) is 5.58. The number of para-hydroxylation sites is 1. The maximum absolute atomic E-state index is 13.7. The molecule has 2 aliphatic rings. The highest BCUT2D eigenvalue weighted by atomic mass is 35.5. The lowest BCUT2D eigenvalue weighted by molar-refractivity contribution is -0.130. The zero-order valence-corrected chi connectivity index (χ0v) is 19.9. The van der Waals surface area contributed by atoms with E-state index in [0.717, 1.165) is 5.56 Å². The van der Waals surface area contributed by atoms with Crippen LogP contribution in [0.25, 0.3) is 0 Å². The van der Waals surface area contributed by atoms with Gasteiger partial charge in [0.25, 0.3) is 0 Å². The average molecular weight is 498 g/mol. The van der Waals surface area contributed by atoms with E-state index < -0.39 is 17.7 Å². The largest absolute Gasteiger partial charge is 0.493 e. The summed E-state index contributed by atoms with van der Waals surface area (Å²) >= 11 is 11.7. The summed E-state index contributed by atoms with van der Waals surface area (Å²) in [5, 5.41) is 7.22. The van der Waals surface area contributed by atoms with Crippen molar-refractivity contribution in [2.75, 3.05) is 17.3 Å². The van der Waals surface area contributed by atoms with Crippen LogP contribution in [0.15, 0.2) is 66.7 Å². The molecule has 5 rings (SSSR count). The molecular weight excluding hydrogens is 477 g/mol. The van der Waals surface area contributed by atoms with Crippen molar-refractivity contribution in [3.63, 3.8) is 0 Å². The molecule has 0 unspecified atom stereocenters. The van der Waals surface area contributed by atoms with Crippen molar-refractivity contribution in [2.24, 2.45) is 5.92 Å². The van der Waals surface area contributed by atoms with Gasteiger partial charge in [-0.3, -0.25) is 9.69 Å². The number of hydrogen-bond acceptors (Lipinski definition) is 4. The molecule has 1 saturated heterocycles. The Morgan fingerprint density at radius 3 is 2.56 bits per heavy atom. The van der Waals surface area contributed by atoms with Gasteiger partial charge in [0.05, 0.1) is 13.2 Å². The topological polar surface area (TPSA) is 62.8 Å². The molecule has 174 valence electrons. The second-order valence-electron chi connectivity index (χ2n) is 8.25. The monoisotopic (exact) mass is 497 g/mol. The van der Waals surface area contributed by atoms with Gasteiger partial charge >= 0.3 is 0 Å². The van der Waals surface area contributed by atoms with Gasteiger partial charge in [0.15, 0.2) is 22.3 Å². The van der Waals surface area contributed by atoms with Gasteiger partial charge in [0.2, 0.25) is 5.91 Å². The van der Waals surface area contributed by atoms with E-state index in [-0.39, 0.29) is 11.7 Å². The molecule has 2 heterocycles. The zero-order valence-electron chi connectivity index (χ0n) is 18.3. The number of ether oxygens (including phenoxy) is 2. The first kappa shape index (κ1) is 22.4. The predicted octanol–water partition coefficient (Wildman–Crippen LogP) is 5.29. The van der Waals surface area contributed by atoms with Gasteiger partial charge in [0.1, 0.15) is 11.7 Å². The first-order chi connectivity index (χ1) is 16.3. The summed E-state index contributed by atoms with van der Waals surface area (Å²) in [6, 6.07) is 17.8. The summed E-state index contributed by atoms with van der Waals surface area (Å²) in [7, 11) is 1.56. The van der Waals surface area contributed by atoms with Crippen molar-refractivity contribution >= 4 is 46.2 Å². The van der Waals surface area contributed by atoms with Gasteiger partial charge in [-0.25, -0.2) is 4.39 Å². The number of fused-ring (bicyclic) bond motifs is 4. The van der Waals surface area contributed by atoms with Gasteiger partial charge in [0, 0.05) is 22.0 Å². The smallest absolute Gasteiger partial charge is 0.236 e. The molecule has 2 bridgehead atoms. The van der Waals surface area contributed by atoms with E-state index in [4.69, 9.17) is 33.3 Å². The van der Waals surface area contributed by atoms with Crippen molar-refractivity contribution in [1.29, 1.82) is 0 Å². The van der Waals surface area contributed by atoms with Crippen LogP contribution in [-0.4, -0.2) is 23.9 Å². The Morgan fingerprint density at radius 1 is 1.18 bits per heavy atom. The van der Waals surface area contributed by atoms with Crippen molar-refractivity contribution in [2.45, 2.75) is 18.7 Å². The van der Waals surface area contributed by atoms with Crippen LogP contribution in [0.2, 0.25) is 5.02 Å². The number of nitrogens with one attached hydrogen (secondary N) is 2. The Morgan fingerprint density at radius 2 is 1.88 bits per heavy atom. The Balaban J connectivity index is 1.64. The molecular formula is C25H21ClFN3O3S. The molecule has 2 N–H and O–H groups in total. The lowest BCUT2D eigenvalue weighted by Gasteiger charge is -2.56. The van der Waals surface area contributed by atoms with E-state index in [1.807, 2.05) is 12.1 Å². The molecule has 0 radical (unpaired) electrons. The third-order valence-electron chi connectivity index (χ3n) is 6.19. The summed E-state index contributed by atoms with van der Waals surface area (Å²) in [5.41, 5.74) is 0.697. The third kappa shape index (κ3) is 3.63. The Bertz CT molecular complexity index is 1270. The van der Waals surface area contributed by atoms with Crippen LogP contribution in [0.1, 0.15) is 18.5 Å². The normalized spacial score (nSPS) is 22.8. The van der Waals surface area contributed by atoms with Gasteiger partial charge in [-0.1, -0.05) is 23.7 Å². The minimum absolute atomic E-state index is 0.273. The number of carbonyl (C=O) groups excluding carboxylic acids is 1. The SMILES string of the molecule is COc1cccc2c1O[C@]1(C)[C@@H](C(=O)Nc3ccc(Cl)cc3)[C@@H]2NC(=S)N1c1ccc(F)cc1. The summed E-state index contributed by atoms with van der Waals surface area (Å²) in [5.74, 6) is -0.324. The molecule has 0 saturated carbocycles. The van der Waals surface area contributed by atoms with Crippen LogP contribution in [0.3, 0.4) is 0 Å². The van der Waals surface area contributed by atoms with Crippen molar-refractivity contribution in [3.05, 3.63) is 83.1 Å². The number of rotatable bonds is 4. The predicted molar refractivity (Wildman–Crippen MR) is 133 cm³/mol. The molecule has 0 spiro atoms. The van der Waals surface area contributed by atoms with Gasteiger partial charge in [-0.15, -0.1) is 0 Å². The fraction of sp³-hybridized carbons (Fsp3) is 0.200. The van der Waals surface area contributed by atoms with E-state index in [1.165, 1.54) is 12.1 Å². The van der Waals surface area contributed by atoms with Crippen LogP contribution in [0, 0.1) is 11.7 Å². The van der Waals surface area contributed by atoms with Crippen molar-refractivity contribution in [3.8, 4) is 11.5 Å². The first-order valence-electron chi connectivity index (χ1n) is 10.6. The first-order valence-corrected chi connectivity index (χ1v) is 11.4. The quantitative estimate of drug-likeness (QED) is 0.478. The highest BCUT2D eigenvalue weighted by Gasteiger charge is 2.59. The molecule has 1 amide bonds. The number of hydrogen-bond donors (Lipinski definition) is 2. The van der Waals surface area contributed by atoms with E-state index in [2.05, 4.69) is 10.6 Å². The average Bonchev–Trinajstić information content (AvgIpc) is 2.81. The number of benzene rings is 3. The number of nitrogens with zero attached hydrogens (tertiary/aromatic N) is 1. The summed E-state index contributed by atoms with van der Waals surface area (Å²) in [6.07, 6.45) is 0. The van der Waals surface area contributed by atoms with E-state index in [0.29, 0.717) is 33.0 Å². The second-order valence-corrected chi connectivity index (χ2v) is 9.07. The Hall–Kier alpha value is -3.36. The lowest BCUT2D eigenvalue weighted by Crippen LogP contribution is -2.72. The minimum Gasteiger partial charge on any atom is -0.493 e. The summed E-state index contributed by atoms with van der Waals surface area (Å²) in [4.78, 5) is 15.5.